The van der Waals surface area contributed by atoms with E-state index in [0.717, 1.165) is 13.0 Å². The Hall–Kier alpha value is -2.12. The van der Waals surface area contributed by atoms with Gasteiger partial charge in [-0.3, -0.25) is 9.59 Å². The van der Waals surface area contributed by atoms with E-state index in [1.54, 1.807) is 4.90 Å². The summed E-state index contributed by atoms with van der Waals surface area (Å²) in [7, 11) is 3.67. The van der Waals surface area contributed by atoms with Crippen LogP contribution in [0.3, 0.4) is 0 Å². The van der Waals surface area contributed by atoms with Crippen LogP contribution in [0, 0.1) is 0 Å². The SMILES string of the molecule is CN(C)c1noc(CCC(=O)N2CCCN3C(=O)CCC23C)n1. The first-order chi connectivity index (χ1) is 10.9. The van der Waals surface area contributed by atoms with E-state index in [0.29, 0.717) is 44.1 Å². The van der Waals surface area contributed by atoms with Crippen molar-refractivity contribution in [3.05, 3.63) is 5.89 Å². The number of carbonyl (C=O) groups is 2. The summed E-state index contributed by atoms with van der Waals surface area (Å²) in [5.41, 5.74) is -0.462. The predicted octanol–water partition coefficient (Wildman–Crippen LogP) is 0.639. The van der Waals surface area contributed by atoms with Crippen LogP contribution in [-0.2, 0) is 16.0 Å². The number of aryl methyl sites for hydroxylation is 1. The molecular weight excluding hydrogens is 298 g/mol. The average molecular weight is 321 g/mol. The van der Waals surface area contributed by atoms with Gasteiger partial charge < -0.3 is 19.2 Å². The van der Waals surface area contributed by atoms with Gasteiger partial charge in [-0.1, -0.05) is 0 Å². The molecule has 23 heavy (non-hydrogen) atoms. The molecule has 0 aromatic carbocycles. The topological polar surface area (TPSA) is 82.8 Å². The van der Waals surface area contributed by atoms with Crippen LogP contribution in [0.2, 0.25) is 0 Å². The Labute approximate surface area is 135 Å². The van der Waals surface area contributed by atoms with Crippen LogP contribution in [0.25, 0.3) is 0 Å². The van der Waals surface area contributed by atoms with Crippen molar-refractivity contribution in [3.8, 4) is 0 Å². The van der Waals surface area contributed by atoms with Crippen LogP contribution >= 0.6 is 0 Å². The Bertz CT molecular complexity index is 614. The van der Waals surface area contributed by atoms with E-state index < -0.39 is 5.66 Å². The van der Waals surface area contributed by atoms with Crippen molar-refractivity contribution in [1.29, 1.82) is 0 Å². The lowest BCUT2D eigenvalue weighted by molar-refractivity contribution is -0.155. The highest BCUT2D eigenvalue weighted by Crippen LogP contribution is 2.36. The fourth-order valence-electron chi connectivity index (χ4n) is 3.43. The molecule has 1 aromatic rings. The van der Waals surface area contributed by atoms with Crippen molar-refractivity contribution in [1.82, 2.24) is 19.9 Å². The van der Waals surface area contributed by atoms with Gasteiger partial charge in [-0.15, -0.1) is 0 Å². The largest absolute Gasteiger partial charge is 0.344 e. The standard InChI is InChI=1S/C15H23N5O3/c1-15-8-7-13(22)20(15)10-4-9-19(15)12(21)6-5-11-16-14(17-23-11)18(2)3/h4-10H2,1-3H3. The quantitative estimate of drug-likeness (QED) is 0.809. The zero-order chi connectivity index (χ0) is 16.6. The number of aromatic nitrogens is 2. The Morgan fingerprint density at radius 1 is 1.39 bits per heavy atom. The molecule has 8 nitrogen and oxygen atoms in total. The van der Waals surface area contributed by atoms with Crippen molar-refractivity contribution < 1.29 is 14.1 Å². The molecule has 0 bridgehead atoms. The van der Waals surface area contributed by atoms with Gasteiger partial charge in [0.2, 0.25) is 17.7 Å². The van der Waals surface area contributed by atoms with Crippen molar-refractivity contribution in [3.63, 3.8) is 0 Å². The van der Waals surface area contributed by atoms with Gasteiger partial charge in [-0.25, -0.2) is 0 Å². The summed E-state index contributed by atoms with van der Waals surface area (Å²) in [6, 6.07) is 0. The minimum atomic E-state index is -0.462. The smallest absolute Gasteiger partial charge is 0.265 e. The zero-order valence-electron chi connectivity index (χ0n) is 13.9. The maximum Gasteiger partial charge on any atom is 0.265 e. The van der Waals surface area contributed by atoms with Crippen LogP contribution in [0.5, 0.6) is 0 Å². The summed E-state index contributed by atoms with van der Waals surface area (Å²) in [6.07, 6.45) is 2.80. The number of rotatable bonds is 4. The van der Waals surface area contributed by atoms with E-state index in [2.05, 4.69) is 10.1 Å². The Morgan fingerprint density at radius 3 is 2.87 bits per heavy atom. The minimum absolute atomic E-state index is 0.0384. The first kappa shape index (κ1) is 15.8. The molecule has 1 unspecified atom stereocenters. The van der Waals surface area contributed by atoms with Gasteiger partial charge in [0.15, 0.2) is 0 Å². The molecule has 8 heteroatoms. The Morgan fingerprint density at radius 2 is 2.17 bits per heavy atom. The number of fused-ring (bicyclic) bond motifs is 1. The molecule has 0 radical (unpaired) electrons. The normalized spacial score (nSPS) is 24.0. The predicted molar refractivity (Wildman–Crippen MR) is 82.6 cm³/mol. The van der Waals surface area contributed by atoms with Crippen LogP contribution < -0.4 is 4.90 Å². The summed E-state index contributed by atoms with van der Waals surface area (Å²) >= 11 is 0. The van der Waals surface area contributed by atoms with Gasteiger partial charge in [0.1, 0.15) is 5.66 Å². The molecule has 0 N–H and O–H groups in total. The third kappa shape index (κ3) is 2.77. The molecule has 126 valence electrons. The molecule has 0 aliphatic carbocycles. The number of nitrogens with zero attached hydrogens (tertiary/aromatic N) is 5. The van der Waals surface area contributed by atoms with Crippen LogP contribution in [0.15, 0.2) is 4.52 Å². The van der Waals surface area contributed by atoms with E-state index in [9.17, 15) is 9.59 Å². The number of hydrogen-bond donors (Lipinski definition) is 0. The maximum atomic E-state index is 12.7. The fraction of sp³-hybridized carbons (Fsp3) is 0.733. The summed E-state index contributed by atoms with van der Waals surface area (Å²) in [5.74, 6) is 1.16. The highest BCUT2D eigenvalue weighted by Gasteiger charge is 2.49. The molecule has 1 atom stereocenters. The summed E-state index contributed by atoms with van der Waals surface area (Å²) in [4.78, 5) is 34.3. The number of hydrogen-bond acceptors (Lipinski definition) is 6. The van der Waals surface area contributed by atoms with Gasteiger partial charge in [-0.2, -0.15) is 4.98 Å². The molecule has 3 rings (SSSR count). The maximum absolute atomic E-state index is 12.7. The van der Waals surface area contributed by atoms with E-state index in [4.69, 9.17) is 4.52 Å². The van der Waals surface area contributed by atoms with Gasteiger partial charge in [-0.05, 0) is 24.9 Å². The lowest BCUT2D eigenvalue weighted by Crippen LogP contribution is -2.62. The van der Waals surface area contributed by atoms with Crippen LogP contribution in [0.1, 0.15) is 38.5 Å². The van der Waals surface area contributed by atoms with Crippen molar-refractivity contribution in [2.24, 2.45) is 0 Å². The van der Waals surface area contributed by atoms with Crippen LogP contribution in [0.4, 0.5) is 5.95 Å². The summed E-state index contributed by atoms with van der Waals surface area (Å²) in [6.45, 7) is 3.44. The lowest BCUT2D eigenvalue weighted by Gasteiger charge is -2.48. The van der Waals surface area contributed by atoms with Gasteiger partial charge >= 0.3 is 0 Å². The monoisotopic (exact) mass is 321 g/mol. The number of amides is 2. The molecule has 3 heterocycles. The zero-order valence-corrected chi connectivity index (χ0v) is 13.9. The summed E-state index contributed by atoms with van der Waals surface area (Å²) < 4.78 is 5.15. The van der Waals surface area contributed by atoms with Gasteiger partial charge in [0.25, 0.3) is 5.95 Å². The summed E-state index contributed by atoms with van der Waals surface area (Å²) in [5, 5.41) is 3.84. The minimum Gasteiger partial charge on any atom is -0.344 e. The second-order valence-electron chi connectivity index (χ2n) is 6.54. The van der Waals surface area contributed by atoms with E-state index >= 15 is 0 Å². The third-order valence-electron chi connectivity index (χ3n) is 4.75. The molecular formula is C15H23N5O3. The van der Waals surface area contributed by atoms with Crippen molar-refractivity contribution in [2.75, 3.05) is 32.1 Å². The molecule has 0 saturated carbocycles. The van der Waals surface area contributed by atoms with E-state index in [1.807, 2.05) is 30.8 Å². The first-order valence-electron chi connectivity index (χ1n) is 8.02. The van der Waals surface area contributed by atoms with Crippen molar-refractivity contribution in [2.45, 2.75) is 44.7 Å². The molecule has 2 fully saturated rings. The van der Waals surface area contributed by atoms with Crippen LogP contribution in [-0.4, -0.2) is 64.6 Å². The molecule has 1 aromatic heterocycles. The van der Waals surface area contributed by atoms with Crippen molar-refractivity contribution >= 4 is 17.8 Å². The lowest BCUT2D eigenvalue weighted by atomic mass is 10.0. The highest BCUT2D eigenvalue weighted by molar-refractivity contribution is 5.83. The molecule has 2 amide bonds. The number of anilines is 1. The average Bonchev–Trinajstić information content (AvgIpc) is 3.10. The van der Waals surface area contributed by atoms with E-state index in [-0.39, 0.29) is 11.8 Å². The first-order valence-corrected chi connectivity index (χ1v) is 8.02. The fourth-order valence-corrected chi connectivity index (χ4v) is 3.43. The van der Waals surface area contributed by atoms with Gasteiger partial charge in [0.05, 0.1) is 0 Å². The Balaban J connectivity index is 1.64. The van der Waals surface area contributed by atoms with E-state index in [1.165, 1.54) is 0 Å². The third-order valence-corrected chi connectivity index (χ3v) is 4.75. The Kier molecular flexibility index (Phi) is 3.99. The second kappa shape index (κ2) is 5.82. The molecule has 2 saturated heterocycles. The number of carbonyl (C=O) groups excluding carboxylic acids is 2. The molecule has 2 aliphatic heterocycles. The van der Waals surface area contributed by atoms with Gasteiger partial charge in [0, 0.05) is 46.4 Å². The highest BCUT2D eigenvalue weighted by atomic mass is 16.5. The molecule has 0 spiro atoms. The second-order valence-corrected chi connectivity index (χ2v) is 6.54. The molecule has 2 aliphatic rings.